The number of benzene rings is 1. The first-order valence-electron chi connectivity index (χ1n) is 5.07. The molecule has 0 aliphatic heterocycles. The molecule has 0 N–H and O–H groups in total. The Bertz CT molecular complexity index is 511. The zero-order chi connectivity index (χ0) is 11.0. The monoisotopic (exact) mass is 202 g/mol. The van der Waals surface area contributed by atoms with Crippen LogP contribution in [0.5, 0.6) is 0 Å². The molecule has 78 valence electrons. The van der Waals surface area contributed by atoms with Crippen LogP contribution in [-0.4, -0.2) is 15.3 Å². The quantitative estimate of drug-likeness (QED) is 0.701. The van der Waals surface area contributed by atoms with Crippen molar-refractivity contribution in [2.75, 3.05) is 0 Å². The van der Waals surface area contributed by atoms with Crippen molar-refractivity contribution in [3.8, 4) is 0 Å². The Morgan fingerprint density at radius 3 is 2.60 bits per heavy atom. The highest BCUT2D eigenvalue weighted by molar-refractivity contribution is 5.97. The summed E-state index contributed by atoms with van der Waals surface area (Å²) < 4.78 is 1.86. The first kappa shape index (κ1) is 9.90. The highest BCUT2D eigenvalue weighted by Crippen LogP contribution is 2.16. The number of imidazole rings is 1. The van der Waals surface area contributed by atoms with E-state index in [0.29, 0.717) is 5.82 Å². The van der Waals surface area contributed by atoms with Gasteiger partial charge in [0.2, 0.25) is 5.78 Å². The van der Waals surface area contributed by atoms with Crippen LogP contribution in [0.3, 0.4) is 0 Å². The number of Topliss-reactive ketones (excluding diaryl/α,β-unsaturated/α-hetero) is 1. The maximum absolute atomic E-state index is 11.9. The standard InChI is InChI=1S/C12H14N2O/c1-8(2)11(15)12-13-9-6-4-5-7-10(9)14(12)3/h4-8H,1-3H3. The lowest BCUT2D eigenvalue weighted by atomic mass is 10.1. The molecule has 0 amide bonds. The molecule has 3 nitrogen and oxygen atoms in total. The summed E-state index contributed by atoms with van der Waals surface area (Å²) in [4.78, 5) is 16.2. The van der Waals surface area contributed by atoms with Crippen LogP contribution in [0.25, 0.3) is 11.0 Å². The third-order valence-electron chi connectivity index (χ3n) is 2.53. The minimum Gasteiger partial charge on any atom is -0.325 e. The van der Waals surface area contributed by atoms with Gasteiger partial charge in [0.1, 0.15) is 0 Å². The number of rotatable bonds is 2. The van der Waals surface area contributed by atoms with Crippen molar-refractivity contribution < 1.29 is 4.79 Å². The number of aryl methyl sites for hydroxylation is 1. The van der Waals surface area contributed by atoms with E-state index in [9.17, 15) is 4.79 Å². The highest BCUT2D eigenvalue weighted by atomic mass is 16.1. The zero-order valence-corrected chi connectivity index (χ0v) is 9.19. The van der Waals surface area contributed by atoms with E-state index in [4.69, 9.17) is 0 Å². The zero-order valence-electron chi connectivity index (χ0n) is 9.19. The van der Waals surface area contributed by atoms with Gasteiger partial charge in [0.25, 0.3) is 0 Å². The average Bonchev–Trinajstić information content (AvgIpc) is 2.56. The number of hydrogen-bond acceptors (Lipinski definition) is 2. The molecular weight excluding hydrogens is 188 g/mol. The van der Waals surface area contributed by atoms with Gasteiger partial charge in [-0.2, -0.15) is 0 Å². The molecule has 2 aromatic rings. The van der Waals surface area contributed by atoms with Gasteiger partial charge in [0.05, 0.1) is 11.0 Å². The second kappa shape index (κ2) is 3.50. The first-order chi connectivity index (χ1) is 7.11. The number of fused-ring (bicyclic) bond motifs is 1. The Balaban J connectivity index is 2.63. The van der Waals surface area contributed by atoms with Gasteiger partial charge in [-0.15, -0.1) is 0 Å². The van der Waals surface area contributed by atoms with E-state index in [1.165, 1.54) is 0 Å². The lowest BCUT2D eigenvalue weighted by Crippen LogP contribution is -2.13. The van der Waals surface area contributed by atoms with Crippen LogP contribution in [0.1, 0.15) is 24.5 Å². The fourth-order valence-electron chi connectivity index (χ4n) is 1.62. The van der Waals surface area contributed by atoms with E-state index < -0.39 is 0 Å². The van der Waals surface area contributed by atoms with Crippen LogP contribution in [0, 0.1) is 5.92 Å². The molecule has 0 unspecified atom stereocenters. The lowest BCUT2D eigenvalue weighted by molar-refractivity contribution is 0.0926. The Morgan fingerprint density at radius 1 is 1.33 bits per heavy atom. The summed E-state index contributed by atoms with van der Waals surface area (Å²) >= 11 is 0. The van der Waals surface area contributed by atoms with Crippen molar-refractivity contribution >= 4 is 16.8 Å². The Hall–Kier alpha value is -1.64. The summed E-state index contributed by atoms with van der Waals surface area (Å²) in [7, 11) is 1.88. The normalized spacial score (nSPS) is 11.2. The van der Waals surface area contributed by atoms with Crippen LogP contribution in [0.15, 0.2) is 24.3 Å². The highest BCUT2D eigenvalue weighted by Gasteiger charge is 2.17. The molecule has 0 saturated carbocycles. The Kier molecular flexibility index (Phi) is 2.31. The van der Waals surface area contributed by atoms with Gasteiger partial charge in [-0.3, -0.25) is 4.79 Å². The third-order valence-corrected chi connectivity index (χ3v) is 2.53. The number of nitrogens with zero attached hydrogens (tertiary/aromatic N) is 2. The number of hydrogen-bond donors (Lipinski definition) is 0. The molecule has 0 aliphatic rings. The van der Waals surface area contributed by atoms with E-state index in [0.717, 1.165) is 11.0 Å². The van der Waals surface area contributed by atoms with E-state index in [2.05, 4.69) is 4.98 Å². The molecular formula is C12H14N2O. The maximum atomic E-state index is 11.9. The summed E-state index contributed by atoms with van der Waals surface area (Å²) in [5.41, 5.74) is 1.88. The molecule has 0 atom stereocenters. The fourth-order valence-corrected chi connectivity index (χ4v) is 1.62. The Labute approximate surface area is 88.7 Å². The van der Waals surface area contributed by atoms with E-state index in [1.54, 1.807) is 0 Å². The van der Waals surface area contributed by atoms with Gasteiger partial charge in [-0.05, 0) is 12.1 Å². The molecule has 0 saturated heterocycles. The van der Waals surface area contributed by atoms with Crippen LogP contribution < -0.4 is 0 Å². The lowest BCUT2D eigenvalue weighted by Gasteiger charge is -2.03. The van der Waals surface area contributed by atoms with Gasteiger partial charge < -0.3 is 4.57 Å². The summed E-state index contributed by atoms with van der Waals surface area (Å²) in [5, 5.41) is 0. The van der Waals surface area contributed by atoms with Crippen molar-refractivity contribution in [1.82, 2.24) is 9.55 Å². The second-order valence-electron chi connectivity index (χ2n) is 4.00. The third kappa shape index (κ3) is 1.54. The van der Waals surface area contributed by atoms with Gasteiger partial charge in [-0.1, -0.05) is 26.0 Å². The SMILES string of the molecule is CC(C)C(=O)c1nc2ccccc2n1C. The predicted octanol–water partition coefficient (Wildman–Crippen LogP) is 2.41. The van der Waals surface area contributed by atoms with Gasteiger partial charge in [-0.25, -0.2) is 4.98 Å². The topological polar surface area (TPSA) is 34.9 Å². The van der Waals surface area contributed by atoms with E-state index in [1.807, 2.05) is 49.7 Å². The van der Waals surface area contributed by atoms with Crippen molar-refractivity contribution in [2.45, 2.75) is 13.8 Å². The van der Waals surface area contributed by atoms with Gasteiger partial charge >= 0.3 is 0 Å². The van der Waals surface area contributed by atoms with E-state index in [-0.39, 0.29) is 11.7 Å². The minimum atomic E-state index is -0.0134. The van der Waals surface area contributed by atoms with Crippen LogP contribution in [-0.2, 0) is 7.05 Å². The molecule has 3 heteroatoms. The van der Waals surface area contributed by atoms with Crippen LogP contribution in [0.4, 0.5) is 0 Å². The predicted molar refractivity (Wildman–Crippen MR) is 59.9 cm³/mol. The number of para-hydroxylation sites is 2. The van der Waals surface area contributed by atoms with Crippen LogP contribution >= 0.6 is 0 Å². The van der Waals surface area contributed by atoms with Crippen molar-refractivity contribution in [1.29, 1.82) is 0 Å². The molecule has 0 spiro atoms. The summed E-state index contributed by atoms with van der Waals surface area (Å²) in [5.74, 6) is 0.625. The minimum absolute atomic E-state index is 0.0134. The van der Waals surface area contributed by atoms with Crippen molar-refractivity contribution in [3.63, 3.8) is 0 Å². The largest absolute Gasteiger partial charge is 0.325 e. The van der Waals surface area contributed by atoms with E-state index >= 15 is 0 Å². The molecule has 2 rings (SSSR count). The first-order valence-corrected chi connectivity index (χ1v) is 5.07. The molecule has 1 heterocycles. The summed E-state index contributed by atoms with van der Waals surface area (Å²) in [6, 6.07) is 7.78. The number of aromatic nitrogens is 2. The number of ketones is 1. The molecule has 1 aromatic carbocycles. The molecule has 0 aliphatic carbocycles. The van der Waals surface area contributed by atoms with Crippen molar-refractivity contribution in [2.24, 2.45) is 13.0 Å². The molecule has 0 radical (unpaired) electrons. The second-order valence-corrected chi connectivity index (χ2v) is 4.00. The molecule has 0 bridgehead atoms. The van der Waals surface area contributed by atoms with Crippen molar-refractivity contribution in [3.05, 3.63) is 30.1 Å². The smallest absolute Gasteiger partial charge is 0.200 e. The fraction of sp³-hybridized carbons (Fsp3) is 0.333. The molecule has 0 fully saturated rings. The van der Waals surface area contributed by atoms with Gasteiger partial charge in [0, 0.05) is 13.0 Å². The average molecular weight is 202 g/mol. The number of carbonyl (C=O) groups is 1. The maximum Gasteiger partial charge on any atom is 0.200 e. The molecule has 1 aromatic heterocycles. The molecule has 15 heavy (non-hydrogen) atoms. The summed E-state index contributed by atoms with van der Waals surface area (Å²) in [6.45, 7) is 3.78. The number of carbonyl (C=O) groups excluding carboxylic acids is 1. The Morgan fingerprint density at radius 2 is 2.00 bits per heavy atom. The summed E-state index contributed by atoms with van der Waals surface area (Å²) in [6.07, 6.45) is 0. The van der Waals surface area contributed by atoms with Crippen LogP contribution in [0.2, 0.25) is 0 Å². The van der Waals surface area contributed by atoms with Gasteiger partial charge in [0.15, 0.2) is 5.82 Å².